The molecule has 0 spiro atoms. The van der Waals surface area contributed by atoms with E-state index in [0.717, 1.165) is 0 Å². The SMILES string of the molecule is CC[C@H](C)[C@H](C(=O)O)N1CC(=O)CC1=O. The molecular formula is C10H15NO4. The van der Waals surface area contributed by atoms with Crippen molar-refractivity contribution in [3.05, 3.63) is 0 Å². The van der Waals surface area contributed by atoms with Crippen molar-refractivity contribution in [2.45, 2.75) is 32.7 Å². The monoisotopic (exact) mass is 213 g/mol. The third-order valence-electron chi connectivity index (χ3n) is 2.79. The van der Waals surface area contributed by atoms with Crippen LogP contribution < -0.4 is 0 Å². The van der Waals surface area contributed by atoms with Crippen LogP contribution in [0.5, 0.6) is 0 Å². The van der Waals surface area contributed by atoms with Gasteiger partial charge in [-0.15, -0.1) is 0 Å². The predicted molar refractivity (Wildman–Crippen MR) is 52.2 cm³/mol. The number of amides is 1. The molecule has 1 heterocycles. The van der Waals surface area contributed by atoms with Crippen LogP contribution >= 0.6 is 0 Å². The van der Waals surface area contributed by atoms with E-state index >= 15 is 0 Å². The molecule has 84 valence electrons. The maximum atomic E-state index is 11.4. The number of carbonyl (C=O) groups excluding carboxylic acids is 2. The number of Topliss-reactive ketones (excluding diaryl/α,β-unsaturated/α-hetero) is 1. The zero-order chi connectivity index (χ0) is 11.6. The zero-order valence-corrected chi connectivity index (χ0v) is 8.90. The van der Waals surface area contributed by atoms with Gasteiger partial charge in [0, 0.05) is 0 Å². The number of carboxylic acid groups (broad SMARTS) is 1. The van der Waals surface area contributed by atoms with Gasteiger partial charge in [-0.1, -0.05) is 20.3 Å². The molecule has 1 rings (SSSR count). The lowest BCUT2D eigenvalue weighted by Crippen LogP contribution is -2.46. The summed E-state index contributed by atoms with van der Waals surface area (Å²) in [6.07, 6.45) is 0.509. The van der Waals surface area contributed by atoms with Gasteiger partial charge in [0.1, 0.15) is 6.04 Å². The van der Waals surface area contributed by atoms with E-state index in [1.165, 1.54) is 4.90 Å². The lowest BCUT2D eigenvalue weighted by atomic mass is 9.98. The molecule has 1 amide bonds. The van der Waals surface area contributed by atoms with Crippen LogP contribution in [-0.4, -0.2) is 40.3 Å². The van der Waals surface area contributed by atoms with Crippen molar-refractivity contribution in [3.8, 4) is 0 Å². The molecule has 5 nitrogen and oxygen atoms in total. The van der Waals surface area contributed by atoms with Crippen molar-refractivity contribution >= 4 is 17.7 Å². The summed E-state index contributed by atoms with van der Waals surface area (Å²) >= 11 is 0. The van der Waals surface area contributed by atoms with E-state index in [4.69, 9.17) is 5.11 Å². The molecule has 15 heavy (non-hydrogen) atoms. The molecule has 0 aromatic rings. The van der Waals surface area contributed by atoms with Crippen molar-refractivity contribution in [1.29, 1.82) is 0 Å². The summed E-state index contributed by atoms with van der Waals surface area (Å²) in [5.74, 6) is -1.74. The van der Waals surface area contributed by atoms with Crippen LogP contribution in [0.3, 0.4) is 0 Å². The van der Waals surface area contributed by atoms with Crippen LogP contribution in [0.4, 0.5) is 0 Å². The molecule has 1 N–H and O–H groups in total. The summed E-state index contributed by atoms with van der Waals surface area (Å²) in [5, 5.41) is 9.03. The van der Waals surface area contributed by atoms with Crippen LogP contribution in [0.2, 0.25) is 0 Å². The Morgan fingerprint density at radius 2 is 2.13 bits per heavy atom. The normalized spacial score (nSPS) is 20.5. The van der Waals surface area contributed by atoms with Gasteiger partial charge < -0.3 is 10.0 Å². The molecule has 5 heteroatoms. The van der Waals surface area contributed by atoms with Crippen LogP contribution in [0, 0.1) is 5.92 Å². The van der Waals surface area contributed by atoms with E-state index < -0.39 is 12.0 Å². The van der Waals surface area contributed by atoms with E-state index in [0.29, 0.717) is 6.42 Å². The fraction of sp³-hybridized carbons (Fsp3) is 0.700. The Labute approximate surface area is 88.1 Å². The number of carbonyl (C=O) groups is 3. The predicted octanol–water partition coefficient (Wildman–Crippen LogP) is 0.287. The van der Waals surface area contributed by atoms with Gasteiger partial charge in [0.15, 0.2) is 5.78 Å². The number of hydrogen-bond donors (Lipinski definition) is 1. The Bertz CT molecular complexity index is 300. The van der Waals surface area contributed by atoms with Crippen molar-refractivity contribution in [1.82, 2.24) is 4.90 Å². The third kappa shape index (κ3) is 2.34. The number of aliphatic carboxylic acids is 1. The standard InChI is InChI=1S/C10H15NO4/c1-3-6(2)9(10(14)15)11-5-7(12)4-8(11)13/h6,9H,3-5H2,1-2H3,(H,14,15)/t6-,9+/m0/s1. The Balaban J connectivity index is 2.85. The maximum Gasteiger partial charge on any atom is 0.326 e. The van der Waals surface area contributed by atoms with E-state index in [2.05, 4.69) is 0 Å². The number of likely N-dealkylation sites (tertiary alicyclic amines) is 1. The van der Waals surface area contributed by atoms with E-state index in [1.807, 2.05) is 6.92 Å². The molecule has 1 fully saturated rings. The third-order valence-corrected chi connectivity index (χ3v) is 2.79. The largest absolute Gasteiger partial charge is 0.480 e. The lowest BCUT2D eigenvalue weighted by Gasteiger charge is -2.27. The summed E-state index contributed by atoms with van der Waals surface area (Å²) < 4.78 is 0. The Hall–Kier alpha value is -1.39. The molecule has 0 bridgehead atoms. The molecule has 2 atom stereocenters. The second kappa shape index (κ2) is 4.42. The van der Waals surface area contributed by atoms with Crippen molar-refractivity contribution < 1.29 is 19.5 Å². The van der Waals surface area contributed by atoms with Gasteiger partial charge in [-0.3, -0.25) is 9.59 Å². The van der Waals surface area contributed by atoms with Gasteiger partial charge in [0.25, 0.3) is 0 Å². The van der Waals surface area contributed by atoms with Crippen LogP contribution in [0.25, 0.3) is 0 Å². The molecule has 1 saturated heterocycles. The van der Waals surface area contributed by atoms with Crippen molar-refractivity contribution in [2.75, 3.05) is 6.54 Å². The van der Waals surface area contributed by atoms with Gasteiger partial charge in [-0.25, -0.2) is 4.79 Å². The van der Waals surface area contributed by atoms with Gasteiger partial charge in [-0.05, 0) is 5.92 Å². The van der Waals surface area contributed by atoms with Gasteiger partial charge in [0.2, 0.25) is 5.91 Å². The maximum absolute atomic E-state index is 11.4. The highest BCUT2D eigenvalue weighted by molar-refractivity contribution is 6.06. The molecule has 0 unspecified atom stereocenters. The Kier molecular flexibility index (Phi) is 3.44. The Morgan fingerprint density at radius 3 is 2.47 bits per heavy atom. The van der Waals surface area contributed by atoms with E-state index in [-0.39, 0.29) is 30.6 Å². The minimum Gasteiger partial charge on any atom is -0.480 e. The molecule has 0 saturated carbocycles. The lowest BCUT2D eigenvalue weighted by molar-refractivity contribution is -0.150. The minimum atomic E-state index is -1.03. The average molecular weight is 213 g/mol. The first-order valence-electron chi connectivity index (χ1n) is 5.01. The molecule has 0 aromatic carbocycles. The van der Waals surface area contributed by atoms with E-state index in [1.54, 1.807) is 6.92 Å². The number of nitrogens with zero attached hydrogens (tertiary/aromatic N) is 1. The van der Waals surface area contributed by atoms with Crippen molar-refractivity contribution in [2.24, 2.45) is 5.92 Å². The zero-order valence-electron chi connectivity index (χ0n) is 8.90. The van der Waals surface area contributed by atoms with Crippen LogP contribution in [-0.2, 0) is 14.4 Å². The first-order chi connectivity index (χ1) is 6.97. The summed E-state index contributed by atoms with van der Waals surface area (Å²) in [5.41, 5.74) is 0. The molecule has 0 radical (unpaired) electrons. The fourth-order valence-corrected chi connectivity index (χ4v) is 1.76. The van der Waals surface area contributed by atoms with Crippen molar-refractivity contribution in [3.63, 3.8) is 0 Å². The summed E-state index contributed by atoms with van der Waals surface area (Å²) in [4.78, 5) is 34.7. The molecule has 1 aliphatic rings. The second-order valence-corrected chi connectivity index (χ2v) is 3.91. The van der Waals surface area contributed by atoms with Gasteiger partial charge in [-0.2, -0.15) is 0 Å². The minimum absolute atomic E-state index is 0.0554. The number of rotatable bonds is 4. The van der Waals surface area contributed by atoms with Gasteiger partial charge in [0.05, 0.1) is 13.0 Å². The summed E-state index contributed by atoms with van der Waals surface area (Å²) in [6.45, 7) is 3.58. The van der Waals surface area contributed by atoms with Crippen LogP contribution in [0.1, 0.15) is 26.7 Å². The summed E-state index contributed by atoms with van der Waals surface area (Å²) in [7, 11) is 0. The molecule has 0 aromatic heterocycles. The number of ketones is 1. The second-order valence-electron chi connectivity index (χ2n) is 3.91. The molecule has 1 aliphatic heterocycles. The first kappa shape index (κ1) is 11.7. The number of hydrogen-bond acceptors (Lipinski definition) is 3. The Morgan fingerprint density at radius 1 is 1.53 bits per heavy atom. The smallest absolute Gasteiger partial charge is 0.326 e. The fourth-order valence-electron chi connectivity index (χ4n) is 1.76. The first-order valence-corrected chi connectivity index (χ1v) is 5.01. The van der Waals surface area contributed by atoms with Crippen LogP contribution in [0.15, 0.2) is 0 Å². The van der Waals surface area contributed by atoms with Gasteiger partial charge >= 0.3 is 5.97 Å². The van der Waals surface area contributed by atoms with E-state index in [9.17, 15) is 14.4 Å². The average Bonchev–Trinajstić information content (AvgIpc) is 2.45. The summed E-state index contributed by atoms with van der Waals surface area (Å²) in [6, 6.07) is -0.867. The highest BCUT2D eigenvalue weighted by Gasteiger charge is 2.39. The highest BCUT2D eigenvalue weighted by atomic mass is 16.4. The quantitative estimate of drug-likeness (QED) is 0.681. The topological polar surface area (TPSA) is 74.7 Å². The highest BCUT2D eigenvalue weighted by Crippen LogP contribution is 2.19. The molecule has 0 aliphatic carbocycles. The number of carboxylic acids is 1. The molecular weight excluding hydrogens is 198 g/mol.